The van der Waals surface area contributed by atoms with Gasteiger partial charge in [0.2, 0.25) is 17.7 Å². The van der Waals surface area contributed by atoms with Gasteiger partial charge in [0.15, 0.2) is 0 Å². The summed E-state index contributed by atoms with van der Waals surface area (Å²) in [4.78, 5) is 43.8. The van der Waals surface area contributed by atoms with E-state index in [1.165, 1.54) is 4.90 Å². The predicted octanol–water partition coefficient (Wildman–Crippen LogP) is 4.67. The molecule has 6 rings (SSSR count). The van der Waals surface area contributed by atoms with Gasteiger partial charge in [-0.3, -0.25) is 14.4 Å². The molecule has 0 aliphatic carbocycles. The van der Waals surface area contributed by atoms with Crippen LogP contribution in [0.25, 0.3) is 0 Å². The van der Waals surface area contributed by atoms with Crippen LogP contribution >= 0.6 is 27.5 Å². The maximum Gasteiger partial charge on any atom is 0.250 e. The second-order valence-corrected chi connectivity index (χ2v) is 12.9. The quantitative estimate of drug-likeness (QED) is 0.268. The molecule has 230 valence electrons. The number of hydrogen-bond donors (Lipinski definition) is 3. The molecule has 3 aliphatic heterocycles. The Morgan fingerprint density at radius 2 is 1.77 bits per heavy atom. The minimum Gasteiger partial charge on any atom is -0.494 e. The summed E-state index contributed by atoms with van der Waals surface area (Å²) in [7, 11) is 0. The standard InChI is InChI=1S/C33H33BrClN3O6/c1-2-43-22-14-12-20(13-15-22)36-30(40)26-27-32(42)38(21(18-39)16-19-8-4-3-5-9-19)29(33(27)17-23(34)28(26)44-33)31(41)37-25-11-7-6-10-24(25)35/h3-15,21,23,26-29,39H,2,16-18H2,1H3,(H,36,40)(H,37,41)/t21-,23?,26-,27+,28-,29?,33?/m1/s1. The average molecular weight is 683 g/mol. The summed E-state index contributed by atoms with van der Waals surface area (Å²) >= 11 is 10.1. The summed E-state index contributed by atoms with van der Waals surface area (Å²) in [5.41, 5.74) is 0.538. The van der Waals surface area contributed by atoms with Gasteiger partial charge in [-0.2, -0.15) is 0 Å². The van der Waals surface area contributed by atoms with Crippen LogP contribution in [0.4, 0.5) is 11.4 Å². The number of halogens is 2. The number of ether oxygens (including phenoxy) is 2. The Bertz CT molecular complexity index is 1540. The number of benzene rings is 3. The van der Waals surface area contributed by atoms with Crippen molar-refractivity contribution in [1.82, 2.24) is 4.90 Å². The van der Waals surface area contributed by atoms with Gasteiger partial charge in [-0.05, 0) is 61.7 Å². The van der Waals surface area contributed by atoms with E-state index in [-0.39, 0.29) is 17.3 Å². The van der Waals surface area contributed by atoms with Gasteiger partial charge >= 0.3 is 0 Å². The van der Waals surface area contributed by atoms with Crippen LogP contribution in [-0.2, 0) is 25.5 Å². The molecule has 3 saturated heterocycles. The number of aliphatic hydroxyl groups is 1. The van der Waals surface area contributed by atoms with Gasteiger partial charge in [-0.15, -0.1) is 0 Å². The molecular weight excluding hydrogens is 650 g/mol. The molecule has 3 aliphatic rings. The zero-order valence-electron chi connectivity index (χ0n) is 24.0. The van der Waals surface area contributed by atoms with Gasteiger partial charge in [-0.25, -0.2) is 0 Å². The lowest BCUT2D eigenvalue weighted by atomic mass is 9.70. The maximum atomic E-state index is 14.5. The highest BCUT2D eigenvalue weighted by Gasteiger charge is 2.77. The molecule has 2 bridgehead atoms. The molecule has 3 unspecified atom stereocenters. The van der Waals surface area contributed by atoms with Crippen molar-refractivity contribution >= 4 is 56.6 Å². The monoisotopic (exact) mass is 681 g/mol. The second-order valence-electron chi connectivity index (χ2n) is 11.4. The van der Waals surface area contributed by atoms with Crippen LogP contribution < -0.4 is 15.4 Å². The minimum atomic E-state index is -1.30. The highest BCUT2D eigenvalue weighted by Crippen LogP contribution is 2.60. The van der Waals surface area contributed by atoms with Gasteiger partial charge in [0.1, 0.15) is 17.4 Å². The van der Waals surface area contributed by atoms with Crippen LogP contribution in [0.5, 0.6) is 5.75 Å². The number of hydrogen-bond acceptors (Lipinski definition) is 6. The Morgan fingerprint density at radius 1 is 1.07 bits per heavy atom. The third kappa shape index (κ3) is 5.38. The molecule has 3 fully saturated rings. The molecule has 0 radical (unpaired) electrons. The third-order valence-electron chi connectivity index (χ3n) is 8.76. The lowest BCUT2D eigenvalue weighted by Crippen LogP contribution is -2.57. The molecule has 3 aromatic carbocycles. The number of nitrogens with one attached hydrogen (secondary N) is 2. The normalized spacial score (nSPS) is 27.6. The largest absolute Gasteiger partial charge is 0.494 e. The van der Waals surface area contributed by atoms with Crippen molar-refractivity contribution < 1.29 is 29.0 Å². The van der Waals surface area contributed by atoms with Gasteiger partial charge < -0.3 is 30.1 Å². The number of fused-ring (bicyclic) bond motifs is 1. The number of carbonyl (C=O) groups is 3. The first-order valence-electron chi connectivity index (χ1n) is 14.7. The fourth-order valence-electron chi connectivity index (χ4n) is 6.99. The van der Waals surface area contributed by atoms with E-state index < -0.39 is 47.4 Å². The second kappa shape index (κ2) is 12.5. The molecule has 9 nitrogen and oxygen atoms in total. The van der Waals surface area contributed by atoms with E-state index in [0.717, 1.165) is 5.56 Å². The van der Waals surface area contributed by atoms with Crippen LogP contribution in [0, 0.1) is 11.8 Å². The Hall–Kier alpha value is -3.44. The summed E-state index contributed by atoms with van der Waals surface area (Å²) in [6, 6.07) is 21.5. The van der Waals surface area contributed by atoms with Crippen LogP contribution in [-0.4, -0.2) is 69.6 Å². The molecule has 3 aromatic rings. The highest BCUT2D eigenvalue weighted by molar-refractivity contribution is 9.09. The van der Waals surface area contributed by atoms with Crippen molar-refractivity contribution in [3.8, 4) is 5.75 Å². The van der Waals surface area contributed by atoms with E-state index in [2.05, 4.69) is 26.6 Å². The SMILES string of the molecule is CCOc1ccc(NC(=O)[C@H]2[C@@H]3OC4(CC3Br)C(C(=O)Nc3ccccc3Cl)N([C@@H](CO)Cc3ccccc3)C(=O)[C@H]24)cc1. The molecule has 0 saturated carbocycles. The topological polar surface area (TPSA) is 117 Å². The molecule has 1 spiro atoms. The third-order valence-corrected chi connectivity index (χ3v) is 9.94. The zero-order valence-corrected chi connectivity index (χ0v) is 26.3. The van der Waals surface area contributed by atoms with E-state index in [0.29, 0.717) is 41.6 Å². The van der Waals surface area contributed by atoms with Crippen molar-refractivity contribution in [2.75, 3.05) is 23.8 Å². The van der Waals surface area contributed by atoms with Gasteiger partial charge in [0, 0.05) is 10.5 Å². The fraction of sp³-hybridized carbons (Fsp3) is 0.364. The number of aliphatic hydroxyl groups excluding tert-OH is 1. The average Bonchev–Trinajstić information content (AvgIpc) is 3.62. The number of alkyl halides is 1. The van der Waals surface area contributed by atoms with E-state index in [1.807, 2.05) is 37.3 Å². The van der Waals surface area contributed by atoms with Crippen molar-refractivity contribution in [3.63, 3.8) is 0 Å². The molecule has 44 heavy (non-hydrogen) atoms. The van der Waals surface area contributed by atoms with E-state index in [9.17, 15) is 19.5 Å². The van der Waals surface area contributed by atoms with Crippen LogP contribution in [0.2, 0.25) is 5.02 Å². The lowest BCUT2D eigenvalue weighted by Gasteiger charge is -2.37. The first kappa shape index (κ1) is 30.6. The summed E-state index contributed by atoms with van der Waals surface area (Å²) in [5.74, 6) is -2.39. The van der Waals surface area contributed by atoms with Crippen molar-refractivity contribution in [3.05, 3.63) is 89.4 Å². The number of nitrogens with zero attached hydrogens (tertiary/aromatic N) is 1. The smallest absolute Gasteiger partial charge is 0.250 e. The first-order chi connectivity index (χ1) is 21.3. The van der Waals surface area contributed by atoms with Gasteiger partial charge in [0.05, 0.1) is 47.9 Å². The van der Waals surface area contributed by atoms with Crippen LogP contribution in [0.15, 0.2) is 78.9 Å². The van der Waals surface area contributed by atoms with Gasteiger partial charge in [0.25, 0.3) is 0 Å². The number of amides is 3. The van der Waals surface area contributed by atoms with Gasteiger partial charge in [-0.1, -0.05) is 70.0 Å². The Morgan fingerprint density at radius 3 is 2.45 bits per heavy atom. The molecule has 3 N–H and O–H groups in total. The maximum absolute atomic E-state index is 14.5. The van der Waals surface area contributed by atoms with E-state index in [1.54, 1.807) is 48.5 Å². The Labute approximate surface area is 269 Å². The minimum absolute atomic E-state index is 0.278. The zero-order chi connectivity index (χ0) is 31.0. The molecule has 7 atom stereocenters. The number of rotatable bonds is 10. The van der Waals surface area contributed by atoms with Crippen molar-refractivity contribution in [1.29, 1.82) is 0 Å². The predicted molar refractivity (Wildman–Crippen MR) is 170 cm³/mol. The summed E-state index contributed by atoms with van der Waals surface area (Å²) in [6.07, 6.45) is 0.0131. The summed E-state index contributed by atoms with van der Waals surface area (Å²) in [6.45, 7) is 2.03. The van der Waals surface area contributed by atoms with Crippen molar-refractivity contribution in [2.24, 2.45) is 11.8 Å². The number of carbonyl (C=O) groups excluding carboxylic acids is 3. The summed E-state index contributed by atoms with van der Waals surface area (Å²) in [5, 5.41) is 16.8. The lowest BCUT2D eigenvalue weighted by molar-refractivity contribution is -0.143. The van der Waals surface area contributed by atoms with Crippen LogP contribution in [0.3, 0.4) is 0 Å². The Kier molecular flexibility index (Phi) is 8.70. The van der Waals surface area contributed by atoms with Crippen molar-refractivity contribution in [2.45, 2.75) is 48.4 Å². The first-order valence-corrected chi connectivity index (χ1v) is 15.9. The van der Waals surface area contributed by atoms with Crippen LogP contribution in [0.1, 0.15) is 18.9 Å². The molecular formula is C33H33BrClN3O6. The highest BCUT2D eigenvalue weighted by atomic mass is 79.9. The summed E-state index contributed by atoms with van der Waals surface area (Å²) < 4.78 is 12.1. The van der Waals surface area contributed by atoms with E-state index in [4.69, 9.17) is 21.1 Å². The molecule has 0 aromatic heterocycles. The Balaban J connectivity index is 1.36. The molecule has 11 heteroatoms. The molecule has 3 heterocycles. The number of likely N-dealkylation sites (tertiary alicyclic amines) is 1. The van der Waals surface area contributed by atoms with E-state index >= 15 is 0 Å². The fourth-order valence-corrected chi connectivity index (χ4v) is 8.11. The number of para-hydroxylation sites is 1. The number of anilines is 2. The molecule has 3 amide bonds.